The molecule has 0 saturated carbocycles. The Kier molecular flexibility index (Phi) is 3.46. The topological polar surface area (TPSA) is 32.3 Å². The Morgan fingerprint density at radius 1 is 1.04 bits per heavy atom. The standard InChI is InChI=1S/C15H9F5N2O/c16-10-2-1-3-11(17)13(10)22-7-8-6-9(15(18,19)20)4-5-12(8)21-14(22)23/h1-6H,7H2,(H,21,23). The third kappa shape index (κ3) is 2.71. The van der Waals surface area contributed by atoms with Crippen LogP contribution in [0.15, 0.2) is 36.4 Å². The molecule has 3 nitrogen and oxygen atoms in total. The molecule has 1 N–H and O–H groups in total. The lowest BCUT2D eigenvalue weighted by atomic mass is 10.1. The van der Waals surface area contributed by atoms with Crippen molar-refractivity contribution in [1.82, 2.24) is 0 Å². The molecule has 1 aliphatic heterocycles. The highest BCUT2D eigenvalue weighted by Crippen LogP contribution is 2.35. The normalized spacial score (nSPS) is 14.5. The van der Waals surface area contributed by atoms with Crippen molar-refractivity contribution >= 4 is 17.4 Å². The van der Waals surface area contributed by atoms with Gasteiger partial charge in [0.2, 0.25) is 0 Å². The molecule has 0 aliphatic carbocycles. The number of para-hydroxylation sites is 1. The van der Waals surface area contributed by atoms with E-state index in [2.05, 4.69) is 5.32 Å². The average Bonchev–Trinajstić information content (AvgIpc) is 2.46. The molecular weight excluding hydrogens is 319 g/mol. The zero-order valence-electron chi connectivity index (χ0n) is 11.4. The highest BCUT2D eigenvalue weighted by atomic mass is 19.4. The number of benzene rings is 2. The minimum atomic E-state index is -4.55. The summed E-state index contributed by atoms with van der Waals surface area (Å²) in [4.78, 5) is 12.7. The van der Waals surface area contributed by atoms with Crippen LogP contribution in [-0.4, -0.2) is 6.03 Å². The number of anilines is 2. The number of urea groups is 1. The Morgan fingerprint density at radius 3 is 2.30 bits per heavy atom. The molecule has 3 rings (SSSR count). The lowest BCUT2D eigenvalue weighted by Gasteiger charge is -2.30. The molecule has 1 aliphatic rings. The molecule has 0 aromatic heterocycles. The third-order valence-electron chi connectivity index (χ3n) is 3.46. The molecule has 0 spiro atoms. The van der Waals surface area contributed by atoms with Crippen molar-refractivity contribution in [1.29, 1.82) is 0 Å². The zero-order chi connectivity index (χ0) is 16.8. The van der Waals surface area contributed by atoms with Gasteiger partial charge in [-0.2, -0.15) is 13.2 Å². The number of alkyl halides is 3. The van der Waals surface area contributed by atoms with Crippen LogP contribution in [0.3, 0.4) is 0 Å². The van der Waals surface area contributed by atoms with E-state index >= 15 is 0 Å². The first-order valence-electron chi connectivity index (χ1n) is 6.50. The Balaban J connectivity index is 2.04. The number of rotatable bonds is 1. The summed E-state index contributed by atoms with van der Waals surface area (Å²) in [7, 11) is 0. The Hall–Kier alpha value is -2.64. The van der Waals surface area contributed by atoms with Gasteiger partial charge in [0, 0.05) is 5.69 Å². The quantitative estimate of drug-likeness (QED) is 0.766. The second-order valence-corrected chi connectivity index (χ2v) is 4.96. The first kappa shape index (κ1) is 15.3. The fourth-order valence-electron chi connectivity index (χ4n) is 2.38. The smallest absolute Gasteiger partial charge is 0.307 e. The van der Waals surface area contributed by atoms with Crippen LogP contribution >= 0.6 is 0 Å². The van der Waals surface area contributed by atoms with Crippen LogP contribution < -0.4 is 10.2 Å². The van der Waals surface area contributed by atoms with E-state index in [1.54, 1.807) is 0 Å². The van der Waals surface area contributed by atoms with E-state index in [9.17, 15) is 26.7 Å². The van der Waals surface area contributed by atoms with E-state index < -0.39 is 35.1 Å². The summed E-state index contributed by atoms with van der Waals surface area (Å²) in [5.74, 6) is -1.95. The Morgan fingerprint density at radius 2 is 1.70 bits per heavy atom. The summed E-state index contributed by atoms with van der Waals surface area (Å²) in [6.07, 6.45) is -4.55. The molecule has 0 fully saturated rings. The van der Waals surface area contributed by atoms with Gasteiger partial charge in [-0.15, -0.1) is 0 Å². The van der Waals surface area contributed by atoms with Gasteiger partial charge in [-0.25, -0.2) is 13.6 Å². The number of nitrogens with one attached hydrogen (secondary N) is 1. The van der Waals surface area contributed by atoms with Gasteiger partial charge >= 0.3 is 12.2 Å². The van der Waals surface area contributed by atoms with Crippen molar-refractivity contribution < 1.29 is 26.7 Å². The van der Waals surface area contributed by atoms with Crippen LogP contribution in [0.4, 0.5) is 38.1 Å². The molecule has 120 valence electrons. The Labute approximate surface area is 127 Å². The molecule has 0 radical (unpaired) electrons. The molecule has 0 unspecified atom stereocenters. The maximum Gasteiger partial charge on any atom is 0.416 e. The highest BCUT2D eigenvalue weighted by molar-refractivity contribution is 6.04. The molecule has 1 heterocycles. The zero-order valence-corrected chi connectivity index (χ0v) is 11.4. The second-order valence-electron chi connectivity index (χ2n) is 4.96. The predicted octanol–water partition coefficient (Wildman–Crippen LogP) is 4.54. The number of amides is 2. The summed E-state index contributed by atoms with van der Waals surface area (Å²) < 4.78 is 65.9. The van der Waals surface area contributed by atoms with Crippen LogP contribution in [0.5, 0.6) is 0 Å². The lowest BCUT2D eigenvalue weighted by Crippen LogP contribution is -2.39. The van der Waals surface area contributed by atoms with Gasteiger partial charge in [-0.05, 0) is 35.9 Å². The van der Waals surface area contributed by atoms with Gasteiger partial charge in [0.25, 0.3) is 0 Å². The maximum atomic E-state index is 13.8. The largest absolute Gasteiger partial charge is 0.416 e. The van der Waals surface area contributed by atoms with Gasteiger partial charge in [0.15, 0.2) is 0 Å². The van der Waals surface area contributed by atoms with Crippen LogP contribution in [0.2, 0.25) is 0 Å². The molecule has 2 aromatic carbocycles. The first-order chi connectivity index (χ1) is 10.8. The lowest BCUT2D eigenvalue weighted by molar-refractivity contribution is -0.137. The predicted molar refractivity (Wildman–Crippen MR) is 73.0 cm³/mol. The van der Waals surface area contributed by atoms with Crippen molar-refractivity contribution in [2.75, 3.05) is 10.2 Å². The fourth-order valence-corrected chi connectivity index (χ4v) is 2.38. The van der Waals surface area contributed by atoms with Gasteiger partial charge in [0.05, 0.1) is 12.1 Å². The van der Waals surface area contributed by atoms with E-state index in [-0.39, 0.29) is 17.8 Å². The van der Waals surface area contributed by atoms with Gasteiger partial charge in [-0.3, -0.25) is 4.90 Å². The molecule has 2 amide bonds. The van der Waals surface area contributed by atoms with Gasteiger partial charge in [-0.1, -0.05) is 6.07 Å². The highest BCUT2D eigenvalue weighted by Gasteiger charge is 2.33. The van der Waals surface area contributed by atoms with E-state index in [0.717, 1.165) is 41.3 Å². The first-order valence-corrected chi connectivity index (χ1v) is 6.50. The molecule has 2 aromatic rings. The number of nitrogens with zero attached hydrogens (tertiary/aromatic N) is 1. The van der Waals surface area contributed by atoms with Crippen LogP contribution in [0.1, 0.15) is 11.1 Å². The summed E-state index contributed by atoms with van der Waals surface area (Å²) in [5, 5.41) is 2.33. The molecule has 0 bridgehead atoms. The van der Waals surface area contributed by atoms with Crippen LogP contribution in [-0.2, 0) is 12.7 Å². The summed E-state index contributed by atoms with van der Waals surface area (Å²) in [5.41, 5.74) is -1.22. The van der Waals surface area contributed by atoms with E-state index in [1.807, 2.05) is 0 Å². The van der Waals surface area contributed by atoms with Crippen molar-refractivity contribution in [2.24, 2.45) is 0 Å². The number of hydrogen-bond donors (Lipinski definition) is 1. The average molecular weight is 328 g/mol. The summed E-state index contributed by atoms with van der Waals surface area (Å²) >= 11 is 0. The molecule has 0 atom stereocenters. The molecule has 0 saturated heterocycles. The van der Waals surface area contributed by atoms with Crippen molar-refractivity contribution in [2.45, 2.75) is 12.7 Å². The summed E-state index contributed by atoms with van der Waals surface area (Å²) in [6.45, 7) is -0.372. The second kappa shape index (κ2) is 5.22. The minimum absolute atomic E-state index is 0.113. The van der Waals surface area contributed by atoms with E-state index in [1.165, 1.54) is 0 Å². The van der Waals surface area contributed by atoms with E-state index in [0.29, 0.717) is 0 Å². The number of carbonyl (C=O) groups excluding carboxylic acids is 1. The molecular formula is C15H9F5N2O. The van der Waals surface area contributed by atoms with Gasteiger partial charge < -0.3 is 5.32 Å². The Bertz CT molecular complexity index is 768. The van der Waals surface area contributed by atoms with Gasteiger partial charge in [0.1, 0.15) is 17.3 Å². The van der Waals surface area contributed by atoms with Crippen molar-refractivity contribution in [3.63, 3.8) is 0 Å². The molecule has 8 heteroatoms. The third-order valence-corrected chi connectivity index (χ3v) is 3.46. The minimum Gasteiger partial charge on any atom is -0.307 e. The number of carbonyl (C=O) groups is 1. The van der Waals surface area contributed by atoms with Crippen molar-refractivity contribution in [3.8, 4) is 0 Å². The van der Waals surface area contributed by atoms with Crippen LogP contribution in [0.25, 0.3) is 0 Å². The maximum absolute atomic E-state index is 13.8. The van der Waals surface area contributed by atoms with Crippen molar-refractivity contribution in [3.05, 3.63) is 59.2 Å². The monoisotopic (exact) mass is 328 g/mol. The molecule has 23 heavy (non-hydrogen) atoms. The number of fused-ring (bicyclic) bond motifs is 1. The van der Waals surface area contributed by atoms with E-state index in [4.69, 9.17) is 0 Å². The fraction of sp³-hybridized carbons (Fsp3) is 0.133. The SMILES string of the molecule is O=C1Nc2ccc(C(F)(F)F)cc2CN1c1c(F)cccc1F. The summed E-state index contributed by atoms with van der Waals surface area (Å²) in [6, 6.07) is 5.04. The number of halogens is 5. The van der Waals surface area contributed by atoms with Crippen LogP contribution in [0, 0.1) is 11.6 Å². The number of hydrogen-bond acceptors (Lipinski definition) is 1.